The maximum atomic E-state index is 14.0. The van der Waals surface area contributed by atoms with E-state index in [1.807, 2.05) is 48.8 Å². The van der Waals surface area contributed by atoms with Gasteiger partial charge < -0.3 is 29.6 Å². The van der Waals surface area contributed by atoms with Crippen LogP contribution < -0.4 is 0 Å². The Bertz CT molecular complexity index is 829. The minimum absolute atomic E-state index is 0.0176. The lowest BCUT2D eigenvalue weighted by Crippen LogP contribution is -2.56. The van der Waals surface area contributed by atoms with E-state index >= 15 is 0 Å². The predicted octanol–water partition coefficient (Wildman–Crippen LogP) is 2.53. The van der Waals surface area contributed by atoms with E-state index < -0.39 is 24.2 Å². The molecule has 0 aromatic rings. The Hall–Kier alpha value is -1.48. The number of likely N-dealkylation sites (N-methyl/N-ethyl adjacent to an activating group) is 2. The van der Waals surface area contributed by atoms with Crippen molar-refractivity contribution in [3.05, 3.63) is 12.2 Å². The van der Waals surface area contributed by atoms with Gasteiger partial charge in [-0.05, 0) is 51.6 Å². The second-order valence-electron chi connectivity index (χ2n) is 12.8. The maximum absolute atomic E-state index is 14.0. The van der Waals surface area contributed by atoms with Crippen LogP contribution in [0.4, 0.5) is 0 Å². The van der Waals surface area contributed by atoms with Gasteiger partial charge in [0.25, 0.3) is 0 Å². The molecule has 0 aromatic heterocycles. The molecule has 3 saturated carbocycles. The number of carbonyl (C=O) groups is 2. The molecule has 2 amide bonds. The number of likely N-dealkylation sites (tertiary alicyclic amines) is 1. The van der Waals surface area contributed by atoms with Crippen molar-refractivity contribution in [3.8, 4) is 0 Å². The predicted molar refractivity (Wildman–Crippen MR) is 147 cm³/mol. The number of fused-ring (bicyclic) bond motifs is 1. The molecule has 1 saturated heterocycles. The molecule has 4 fully saturated rings. The first-order chi connectivity index (χ1) is 18.2. The number of aliphatic hydroxyl groups excluding tert-OH is 2. The van der Waals surface area contributed by atoms with Crippen LogP contribution >= 0.6 is 0 Å². The molecule has 2 N–H and O–H groups in total. The highest BCUT2D eigenvalue weighted by atomic mass is 16.5. The molecule has 8 heteroatoms. The number of ether oxygens (including phenoxy) is 1. The molecule has 0 spiro atoms. The van der Waals surface area contributed by atoms with Gasteiger partial charge >= 0.3 is 0 Å². The van der Waals surface area contributed by atoms with Gasteiger partial charge in [0.15, 0.2) is 0 Å². The fourth-order valence-corrected chi connectivity index (χ4v) is 7.49. The SMILES string of the molecule is CC1C(O)CC(O)C(C(=O)N2CC3CCCC(N(C)C(=O)/C=C/CN(C)C)C3C2)C1OCC1CCCCC1. The summed E-state index contributed by atoms with van der Waals surface area (Å²) in [6.07, 6.45) is 10.8. The van der Waals surface area contributed by atoms with Gasteiger partial charge in [-0.15, -0.1) is 0 Å². The summed E-state index contributed by atoms with van der Waals surface area (Å²) in [4.78, 5) is 32.7. The van der Waals surface area contributed by atoms with E-state index in [4.69, 9.17) is 4.74 Å². The molecule has 3 aliphatic carbocycles. The maximum Gasteiger partial charge on any atom is 0.246 e. The second-order valence-corrected chi connectivity index (χ2v) is 12.8. The zero-order valence-electron chi connectivity index (χ0n) is 24.0. The van der Waals surface area contributed by atoms with Crippen LogP contribution in [0.3, 0.4) is 0 Å². The van der Waals surface area contributed by atoms with E-state index in [-0.39, 0.29) is 36.1 Å². The van der Waals surface area contributed by atoms with Crippen LogP contribution in [0.5, 0.6) is 0 Å². The molecule has 4 rings (SSSR count). The van der Waals surface area contributed by atoms with E-state index in [0.717, 1.165) is 38.6 Å². The summed E-state index contributed by atoms with van der Waals surface area (Å²) in [5, 5.41) is 21.7. The summed E-state index contributed by atoms with van der Waals surface area (Å²) in [5.41, 5.74) is 0. The number of amides is 2. The molecular weight excluding hydrogens is 482 g/mol. The Balaban J connectivity index is 1.43. The number of hydrogen-bond acceptors (Lipinski definition) is 6. The average molecular weight is 534 g/mol. The van der Waals surface area contributed by atoms with Crippen LogP contribution in [0.25, 0.3) is 0 Å². The lowest BCUT2D eigenvalue weighted by Gasteiger charge is -2.43. The smallest absolute Gasteiger partial charge is 0.246 e. The Morgan fingerprint density at radius 3 is 2.42 bits per heavy atom. The molecule has 8 atom stereocenters. The monoisotopic (exact) mass is 533 g/mol. The number of carbonyl (C=O) groups excluding carboxylic acids is 2. The average Bonchev–Trinajstić information content (AvgIpc) is 3.34. The highest BCUT2D eigenvalue weighted by Gasteiger charge is 2.51. The quantitative estimate of drug-likeness (QED) is 0.466. The first-order valence-electron chi connectivity index (χ1n) is 15.0. The molecule has 8 nitrogen and oxygen atoms in total. The summed E-state index contributed by atoms with van der Waals surface area (Å²) < 4.78 is 6.40. The third kappa shape index (κ3) is 6.80. The van der Waals surface area contributed by atoms with Crippen LogP contribution in [-0.2, 0) is 14.3 Å². The summed E-state index contributed by atoms with van der Waals surface area (Å²) in [6.45, 7) is 4.56. The fourth-order valence-electron chi connectivity index (χ4n) is 7.49. The molecule has 1 heterocycles. The van der Waals surface area contributed by atoms with Crippen molar-refractivity contribution in [2.45, 2.75) is 89.1 Å². The standard InChI is InChI=1S/C30H51N3O5/c1-20-25(34)16-26(35)28(29(20)38-19-21-10-6-5-7-11-21)30(37)33-17-22-12-8-13-24(23(22)18-33)32(4)27(36)14-9-15-31(2)3/h9,14,20-26,28-29,34-35H,5-8,10-13,15-19H2,1-4H3/b14-9+. The zero-order valence-corrected chi connectivity index (χ0v) is 24.0. The Morgan fingerprint density at radius 1 is 0.974 bits per heavy atom. The molecule has 216 valence electrons. The highest BCUT2D eigenvalue weighted by Crippen LogP contribution is 2.41. The summed E-state index contributed by atoms with van der Waals surface area (Å²) >= 11 is 0. The van der Waals surface area contributed by atoms with Crippen LogP contribution in [0.2, 0.25) is 0 Å². The Labute approximate surface area is 229 Å². The van der Waals surface area contributed by atoms with Gasteiger partial charge in [0.2, 0.25) is 11.8 Å². The van der Waals surface area contributed by atoms with Crippen molar-refractivity contribution in [3.63, 3.8) is 0 Å². The minimum atomic E-state index is -0.908. The lowest BCUT2D eigenvalue weighted by atomic mass is 9.75. The van der Waals surface area contributed by atoms with Gasteiger partial charge in [-0.2, -0.15) is 0 Å². The zero-order chi connectivity index (χ0) is 27.4. The second kappa shape index (κ2) is 13.2. The number of nitrogens with zero attached hydrogens (tertiary/aromatic N) is 3. The topological polar surface area (TPSA) is 93.6 Å². The molecule has 0 radical (unpaired) electrons. The third-order valence-corrected chi connectivity index (χ3v) is 9.86. The van der Waals surface area contributed by atoms with Gasteiger partial charge in [0.1, 0.15) is 0 Å². The molecule has 4 aliphatic rings. The van der Waals surface area contributed by atoms with Crippen molar-refractivity contribution in [2.24, 2.45) is 29.6 Å². The summed E-state index contributed by atoms with van der Waals surface area (Å²) in [7, 11) is 5.85. The number of rotatable bonds is 8. The third-order valence-electron chi connectivity index (χ3n) is 9.86. The van der Waals surface area contributed by atoms with Crippen molar-refractivity contribution in [1.29, 1.82) is 0 Å². The molecular formula is C30H51N3O5. The van der Waals surface area contributed by atoms with Gasteiger partial charge in [-0.1, -0.05) is 38.7 Å². The highest BCUT2D eigenvalue weighted by molar-refractivity contribution is 5.87. The molecule has 38 heavy (non-hydrogen) atoms. The normalized spacial score (nSPS) is 36.6. The first-order valence-corrected chi connectivity index (χ1v) is 15.0. The number of aliphatic hydroxyl groups is 2. The minimum Gasteiger partial charge on any atom is -0.393 e. The van der Waals surface area contributed by atoms with Gasteiger partial charge in [0, 0.05) is 63.7 Å². The summed E-state index contributed by atoms with van der Waals surface area (Å²) in [5.74, 6) is 0.230. The van der Waals surface area contributed by atoms with E-state index in [2.05, 4.69) is 0 Å². The van der Waals surface area contributed by atoms with Crippen LogP contribution in [0.15, 0.2) is 12.2 Å². The molecule has 0 aromatic carbocycles. The number of hydrogen-bond donors (Lipinski definition) is 2. The van der Waals surface area contributed by atoms with Gasteiger partial charge in [0.05, 0.1) is 24.2 Å². The van der Waals surface area contributed by atoms with E-state index in [1.165, 1.54) is 19.3 Å². The van der Waals surface area contributed by atoms with E-state index in [1.54, 1.807) is 6.08 Å². The lowest BCUT2D eigenvalue weighted by molar-refractivity contribution is -0.169. The molecule has 0 bridgehead atoms. The van der Waals surface area contributed by atoms with Crippen molar-refractivity contribution in [1.82, 2.24) is 14.7 Å². The van der Waals surface area contributed by atoms with E-state index in [9.17, 15) is 19.8 Å². The first kappa shape index (κ1) is 29.5. The molecule has 1 aliphatic heterocycles. The largest absolute Gasteiger partial charge is 0.393 e. The van der Waals surface area contributed by atoms with Crippen LogP contribution in [0.1, 0.15) is 64.7 Å². The van der Waals surface area contributed by atoms with Crippen LogP contribution in [0, 0.1) is 29.6 Å². The van der Waals surface area contributed by atoms with Gasteiger partial charge in [-0.3, -0.25) is 9.59 Å². The fraction of sp³-hybridized carbons (Fsp3) is 0.867. The van der Waals surface area contributed by atoms with Crippen molar-refractivity contribution >= 4 is 11.8 Å². The van der Waals surface area contributed by atoms with Crippen LogP contribution in [-0.4, -0.2) is 108 Å². The van der Waals surface area contributed by atoms with Crippen molar-refractivity contribution < 1.29 is 24.5 Å². The van der Waals surface area contributed by atoms with Gasteiger partial charge in [-0.25, -0.2) is 0 Å². The van der Waals surface area contributed by atoms with E-state index in [0.29, 0.717) is 31.5 Å². The molecule has 8 unspecified atom stereocenters. The summed E-state index contributed by atoms with van der Waals surface area (Å²) in [6, 6.07) is 0.110. The Morgan fingerprint density at radius 2 is 1.71 bits per heavy atom. The van der Waals surface area contributed by atoms with Crippen molar-refractivity contribution in [2.75, 3.05) is 47.4 Å². The Kier molecular flexibility index (Phi) is 10.3.